The molecule has 0 aliphatic heterocycles. The second kappa shape index (κ2) is 7.77. The highest BCUT2D eigenvalue weighted by atomic mass is 32.2. The number of thiazole rings is 1. The predicted molar refractivity (Wildman–Crippen MR) is 101 cm³/mol. The molecule has 7 nitrogen and oxygen atoms in total. The third kappa shape index (κ3) is 4.44. The molecule has 0 fully saturated rings. The van der Waals surface area contributed by atoms with E-state index in [9.17, 15) is 13.2 Å². The number of hydrogen-bond acceptors (Lipinski definition) is 5. The van der Waals surface area contributed by atoms with Gasteiger partial charge in [0.1, 0.15) is 5.75 Å². The van der Waals surface area contributed by atoms with Crippen molar-refractivity contribution in [2.24, 2.45) is 4.40 Å². The molecule has 0 aliphatic carbocycles. The van der Waals surface area contributed by atoms with Gasteiger partial charge in [-0.3, -0.25) is 4.57 Å². The van der Waals surface area contributed by atoms with E-state index in [-0.39, 0.29) is 9.70 Å². The number of carbonyl (C=O) groups is 1. The number of ether oxygens (including phenoxy) is 1. The minimum absolute atomic E-state index is 0.100. The molecule has 1 aromatic heterocycles. The fourth-order valence-electron chi connectivity index (χ4n) is 2.31. The first-order valence-corrected chi connectivity index (χ1v) is 10.2. The molecule has 27 heavy (non-hydrogen) atoms. The van der Waals surface area contributed by atoms with Crippen LogP contribution in [0.5, 0.6) is 5.75 Å². The maximum atomic E-state index is 12.6. The molecule has 0 atom stereocenters. The van der Waals surface area contributed by atoms with Gasteiger partial charge in [0.15, 0.2) is 6.61 Å². The predicted octanol–water partition coefficient (Wildman–Crippen LogP) is 2.60. The summed E-state index contributed by atoms with van der Waals surface area (Å²) in [5.74, 6) is -0.792. The number of carboxylic acids is 1. The van der Waals surface area contributed by atoms with E-state index in [1.54, 1.807) is 52.5 Å². The highest BCUT2D eigenvalue weighted by Crippen LogP contribution is 2.22. The molecule has 0 saturated heterocycles. The number of benzene rings is 2. The molecular formula is C18H16N2O5S2. The van der Waals surface area contributed by atoms with E-state index in [2.05, 4.69) is 4.40 Å². The molecule has 0 bridgehead atoms. The zero-order valence-corrected chi connectivity index (χ0v) is 15.9. The van der Waals surface area contributed by atoms with Crippen LogP contribution in [-0.2, 0) is 14.8 Å². The van der Waals surface area contributed by atoms with Crippen molar-refractivity contribution in [2.45, 2.75) is 11.8 Å². The summed E-state index contributed by atoms with van der Waals surface area (Å²) in [6.07, 6.45) is 1.65. The van der Waals surface area contributed by atoms with E-state index in [4.69, 9.17) is 9.84 Å². The number of hydrogen-bond donors (Lipinski definition) is 1. The highest BCUT2D eigenvalue weighted by Gasteiger charge is 2.14. The summed E-state index contributed by atoms with van der Waals surface area (Å²) in [6, 6.07) is 13.2. The first kappa shape index (κ1) is 18.9. The van der Waals surface area contributed by atoms with Gasteiger partial charge in [-0.1, -0.05) is 29.8 Å². The lowest BCUT2D eigenvalue weighted by Crippen LogP contribution is -2.17. The topological polar surface area (TPSA) is 98.0 Å². The quantitative estimate of drug-likeness (QED) is 0.681. The molecule has 1 heterocycles. The molecule has 0 aliphatic rings. The molecule has 0 radical (unpaired) electrons. The second-order valence-electron chi connectivity index (χ2n) is 5.59. The first-order valence-electron chi connectivity index (χ1n) is 7.85. The first-order chi connectivity index (χ1) is 12.9. The molecule has 140 valence electrons. The van der Waals surface area contributed by atoms with Gasteiger partial charge in [-0.25, -0.2) is 4.79 Å². The normalized spacial score (nSPS) is 12.1. The van der Waals surface area contributed by atoms with Crippen molar-refractivity contribution in [3.05, 3.63) is 70.5 Å². The van der Waals surface area contributed by atoms with Crippen LogP contribution < -0.4 is 9.54 Å². The Morgan fingerprint density at radius 2 is 1.89 bits per heavy atom. The Hall–Kier alpha value is -2.91. The Balaban J connectivity index is 2.06. The smallest absolute Gasteiger partial charge is 0.341 e. The van der Waals surface area contributed by atoms with Crippen LogP contribution in [0.3, 0.4) is 0 Å². The highest BCUT2D eigenvalue weighted by molar-refractivity contribution is 7.90. The number of para-hydroxylation sites is 2. The summed E-state index contributed by atoms with van der Waals surface area (Å²) < 4.78 is 36.0. The standard InChI is InChI=1S/C18H16N2O5S2/c1-13-6-8-14(9-7-13)27(23,24)19-18-20(10-11-26-18)15-4-2-3-5-16(15)25-12-17(21)22/h2-11H,12H2,1H3,(H,21,22)/b19-18-. The lowest BCUT2D eigenvalue weighted by Gasteiger charge is -2.10. The van der Waals surface area contributed by atoms with E-state index in [1.807, 2.05) is 6.92 Å². The lowest BCUT2D eigenvalue weighted by atomic mass is 10.2. The fraction of sp³-hybridized carbons (Fsp3) is 0.111. The number of sulfonamides is 1. The van der Waals surface area contributed by atoms with Crippen molar-refractivity contribution in [3.63, 3.8) is 0 Å². The Morgan fingerprint density at radius 1 is 1.19 bits per heavy atom. The summed E-state index contributed by atoms with van der Waals surface area (Å²) in [7, 11) is -3.89. The lowest BCUT2D eigenvalue weighted by molar-refractivity contribution is -0.139. The molecule has 3 aromatic rings. The fourth-order valence-corrected chi connectivity index (χ4v) is 4.23. The zero-order valence-electron chi connectivity index (χ0n) is 14.3. The van der Waals surface area contributed by atoms with Crippen molar-refractivity contribution in [3.8, 4) is 11.4 Å². The summed E-state index contributed by atoms with van der Waals surface area (Å²) in [5.41, 5.74) is 1.45. The van der Waals surface area contributed by atoms with Gasteiger partial charge in [0.25, 0.3) is 10.0 Å². The molecule has 1 N–H and O–H groups in total. The SMILES string of the molecule is Cc1ccc(S(=O)(=O)/N=c2\sccn2-c2ccccc2OCC(=O)O)cc1. The summed E-state index contributed by atoms with van der Waals surface area (Å²) in [6.45, 7) is 1.37. The Morgan fingerprint density at radius 3 is 2.59 bits per heavy atom. The largest absolute Gasteiger partial charge is 0.480 e. The van der Waals surface area contributed by atoms with Crippen LogP contribution in [0.4, 0.5) is 0 Å². The molecule has 0 amide bonds. The average molecular weight is 404 g/mol. The van der Waals surface area contributed by atoms with E-state index in [0.29, 0.717) is 11.4 Å². The average Bonchev–Trinajstić information content (AvgIpc) is 3.07. The van der Waals surface area contributed by atoms with Gasteiger partial charge >= 0.3 is 5.97 Å². The van der Waals surface area contributed by atoms with E-state index >= 15 is 0 Å². The number of aliphatic carboxylic acids is 1. The number of aryl methyl sites for hydroxylation is 1. The maximum absolute atomic E-state index is 12.6. The Bertz CT molecular complexity index is 1130. The van der Waals surface area contributed by atoms with Gasteiger partial charge in [-0.05, 0) is 31.2 Å². The Kier molecular flexibility index (Phi) is 5.43. The third-order valence-electron chi connectivity index (χ3n) is 3.58. The van der Waals surface area contributed by atoms with Crippen molar-refractivity contribution in [1.29, 1.82) is 0 Å². The molecular weight excluding hydrogens is 388 g/mol. The molecule has 0 unspecified atom stereocenters. The van der Waals surface area contributed by atoms with Crippen LogP contribution in [-0.4, -0.2) is 30.7 Å². The summed E-state index contributed by atoms with van der Waals surface area (Å²) >= 11 is 1.15. The molecule has 3 rings (SSSR count). The summed E-state index contributed by atoms with van der Waals surface area (Å²) in [5, 5.41) is 10.5. The van der Waals surface area contributed by atoms with Crippen molar-refractivity contribution in [2.75, 3.05) is 6.61 Å². The third-order valence-corrected chi connectivity index (χ3v) is 5.74. The van der Waals surface area contributed by atoms with E-state index in [0.717, 1.165) is 16.9 Å². The monoisotopic (exact) mass is 404 g/mol. The number of nitrogens with zero attached hydrogens (tertiary/aromatic N) is 2. The maximum Gasteiger partial charge on any atom is 0.341 e. The minimum atomic E-state index is -3.89. The van der Waals surface area contributed by atoms with Crippen LogP contribution in [0, 0.1) is 6.92 Å². The van der Waals surface area contributed by atoms with Crippen molar-refractivity contribution >= 4 is 27.3 Å². The van der Waals surface area contributed by atoms with Crippen molar-refractivity contribution < 1.29 is 23.1 Å². The molecule has 0 saturated carbocycles. The number of rotatable bonds is 6. The minimum Gasteiger partial charge on any atom is -0.480 e. The molecule has 0 spiro atoms. The zero-order chi connectivity index (χ0) is 19.4. The number of aromatic nitrogens is 1. The second-order valence-corrected chi connectivity index (χ2v) is 8.06. The van der Waals surface area contributed by atoms with E-state index in [1.165, 1.54) is 12.1 Å². The van der Waals surface area contributed by atoms with Gasteiger partial charge in [0, 0.05) is 11.6 Å². The van der Waals surface area contributed by atoms with Crippen LogP contribution in [0.1, 0.15) is 5.56 Å². The van der Waals surface area contributed by atoms with E-state index < -0.39 is 22.6 Å². The Labute approximate surface area is 159 Å². The van der Waals surface area contributed by atoms with Gasteiger partial charge in [-0.2, -0.15) is 8.42 Å². The van der Waals surface area contributed by atoms with Crippen molar-refractivity contribution in [1.82, 2.24) is 4.57 Å². The van der Waals surface area contributed by atoms with Gasteiger partial charge in [-0.15, -0.1) is 15.7 Å². The van der Waals surface area contributed by atoms with Gasteiger partial charge in [0.2, 0.25) is 4.80 Å². The molecule has 9 heteroatoms. The number of carboxylic acid groups (broad SMARTS) is 1. The summed E-state index contributed by atoms with van der Waals surface area (Å²) in [4.78, 5) is 11.1. The van der Waals surface area contributed by atoms with Gasteiger partial charge in [0.05, 0.1) is 10.6 Å². The van der Waals surface area contributed by atoms with Crippen LogP contribution >= 0.6 is 11.3 Å². The van der Waals surface area contributed by atoms with Crippen LogP contribution in [0.2, 0.25) is 0 Å². The van der Waals surface area contributed by atoms with Crippen LogP contribution in [0.15, 0.2) is 69.4 Å². The van der Waals surface area contributed by atoms with Gasteiger partial charge < -0.3 is 9.84 Å². The van der Waals surface area contributed by atoms with Crippen LogP contribution in [0.25, 0.3) is 5.69 Å². The molecule has 2 aromatic carbocycles.